The Morgan fingerprint density at radius 3 is 2.26 bits per heavy atom. The number of ether oxygens (including phenoxy) is 2. The fraction of sp³-hybridized carbons (Fsp3) is 0.444. The summed E-state index contributed by atoms with van der Waals surface area (Å²) >= 11 is 0. The summed E-state index contributed by atoms with van der Waals surface area (Å²) in [7, 11) is 0. The predicted molar refractivity (Wildman–Crippen MR) is 140 cm³/mol. The van der Waals surface area contributed by atoms with Gasteiger partial charge in [0.2, 0.25) is 5.91 Å². The highest BCUT2D eigenvalue weighted by molar-refractivity contribution is 5.88. The molecule has 0 bridgehead atoms. The number of esters is 1. The lowest BCUT2D eigenvalue weighted by atomic mass is 9.98. The number of azide groups is 1. The molecule has 1 aliphatic rings. The number of aliphatic hydroxyl groups excluding tert-OH is 1. The summed E-state index contributed by atoms with van der Waals surface area (Å²) in [6.07, 6.45) is -1.98. The number of rotatable bonds is 11. The van der Waals surface area contributed by atoms with Crippen LogP contribution >= 0.6 is 0 Å². The summed E-state index contributed by atoms with van der Waals surface area (Å²) in [6, 6.07) is 14.6. The highest BCUT2D eigenvalue weighted by Crippen LogP contribution is 2.44. The largest absolute Gasteiger partial charge is 0.459 e. The molecular formula is C27H33N5O6. The van der Waals surface area contributed by atoms with Crippen LogP contribution in [0.4, 0.5) is 4.79 Å². The molecule has 11 heteroatoms. The molecule has 0 radical (unpaired) electrons. The maximum Gasteiger partial charge on any atom is 0.407 e. The Kier molecular flexibility index (Phi) is 9.70. The topological polar surface area (TPSA) is 163 Å². The Morgan fingerprint density at radius 2 is 1.68 bits per heavy atom. The number of hydrogen-bond donors (Lipinski definition) is 3. The molecule has 0 spiro atoms. The number of aliphatic hydroxyl groups is 1. The van der Waals surface area contributed by atoms with Crippen LogP contribution < -0.4 is 10.6 Å². The van der Waals surface area contributed by atoms with E-state index >= 15 is 0 Å². The van der Waals surface area contributed by atoms with Gasteiger partial charge in [0.25, 0.3) is 0 Å². The molecule has 11 nitrogen and oxygen atoms in total. The Hall–Kier alpha value is -4.08. The summed E-state index contributed by atoms with van der Waals surface area (Å²) in [6.45, 7) is 4.77. The third kappa shape index (κ3) is 7.96. The van der Waals surface area contributed by atoms with E-state index in [1.54, 1.807) is 20.8 Å². The number of nitrogens with zero attached hydrogens (tertiary/aromatic N) is 3. The average molecular weight is 524 g/mol. The molecule has 2 aromatic rings. The SMILES string of the molecule is CC(C)(C)OC(=O)CNC(=O)[C@H](C[C@H](O)CCN=[N+]=[N-])NC(=O)OCC1c2ccccc2-c2ccccc21. The molecule has 2 aromatic carbocycles. The van der Waals surface area contributed by atoms with Crippen molar-refractivity contribution in [3.05, 3.63) is 70.1 Å². The number of amides is 2. The smallest absolute Gasteiger partial charge is 0.407 e. The van der Waals surface area contributed by atoms with Crippen LogP contribution in [0.5, 0.6) is 0 Å². The van der Waals surface area contributed by atoms with Crippen molar-refractivity contribution in [2.24, 2.45) is 5.11 Å². The molecular weight excluding hydrogens is 490 g/mol. The maximum atomic E-state index is 12.8. The number of carbonyl (C=O) groups is 3. The molecule has 0 saturated heterocycles. The standard InChI is InChI=1S/C27H33N5O6/c1-27(2,3)38-24(34)15-29-25(35)23(14-17(33)12-13-30-32-28)31-26(36)37-16-22-20-10-6-4-8-18(20)19-9-5-7-11-21(19)22/h4-11,17,22-23,33H,12-16H2,1-3H3,(H,29,35)(H,31,36)/t17-,23+/m1/s1. The Morgan fingerprint density at radius 1 is 1.08 bits per heavy atom. The van der Waals surface area contributed by atoms with Crippen LogP contribution in [-0.2, 0) is 19.1 Å². The van der Waals surface area contributed by atoms with Gasteiger partial charge in [-0.25, -0.2) is 4.79 Å². The maximum absolute atomic E-state index is 12.8. The first kappa shape index (κ1) is 28.5. The van der Waals surface area contributed by atoms with E-state index in [0.29, 0.717) is 0 Å². The van der Waals surface area contributed by atoms with Gasteiger partial charge >= 0.3 is 12.1 Å². The molecule has 202 valence electrons. The van der Waals surface area contributed by atoms with Crippen molar-refractivity contribution < 1.29 is 29.0 Å². The van der Waals surface area contributed by atoms with Gasteiger partial charge in [0, 0.05) is 23.8 Å². The van der Waals surface area contributed by atoms with Crippen LogP contribution in [0.3, 0.4) is 0 Å². The normalized spacial score (nSPS) is 13.8. The van der Waals surface area contributed by atoms with Crippen LogP contribution in [0.25, 0.3) is 21.6 Å². The molecule has 2 amide bonds. The van der Waals surface area contributed by atoms with E-state index in [0.717, 1.165) is 22.3 Å². The minimum atomic E-state index is -1.20. The molecule has 0 fully saturated rings. The first-order valence-corrected chi connectivity index (χ1v) is 12.4. The van der Waals surface area contributed by atoms with Crippen molar-refractivity contribution in [3.63, 3.8) is 0 Å². The fourth-order valence-electron chi connectivity index (χ4n) is 4.32. The third-order valence-corrected chi connectivity index (χ3v) is 5.91. The molecule has 1 aliphatic carbocycles. The predicted octanol–water partition coefficient (Wildman–Crippen LogP) is 3.80. The van der Waals surface area contributed by atoms with E-state index in [1.807, 2.05) is 48.5 Å². The molecule has 0 heterocycles. The minimum Gasteiger partial charge on any atom is -0.459 e. The van der Waals surface area contributed by atoms with Gasteiger partial charge in [0.1, 0.15) is 24.8 Å². The van der Waals surface area contributed by atoms with Crippen molar-refractivity contribution >= 4 is 18.0 Å². The average Bonchev–Trinajstić information content (AvgIpc) is 3.18. The lowest BCUT2D eigenvalue weighted by Crippen LogP contribution is -2.50. The Bertz CT molecular complexity index is 1160. The molecule has 3 rings (SSSR count). The Labute approximate surface area is 221 Å². The summed E-state index contributed by atoms with van der Waals surface area (Å²) in [5, 5.41) is 18.6. The van der Waals surface area contributed by atoms with Gasteiger partial charge in [-0.1, -0.05) is 53.6 Å². The highest BCUT2D eigenvalue weighted by Gasteiger charge is 2.30. The number of benzene rings is 2. The monoisotopic (exact) mass is 523 g/mol. The van der Waals surface area contributed by atoms with Crippen LogP contribution in [0, 0.1) is 0 Å². The highest BCUT2D eigenvalue weighted by atomic mass is 16.6. The van der Waals surface area contributed by atoms with Crippen molar-refractivity contribution in [2.75, 3.05) is 19.7 Å². The van der Waals surface area contributed by atoms with E-state index in [1.165, 1.54) is 0 Å². The number of alkyl carbamates (subject to hydrolysis) is 1. The van der Waals surface area contributed by atoms with Gasteiger partial charge in [-0.05, 0) is 55.0 Å². The first-order chi connectivity index (χ1) is 18.1. The lowest BCUT2D eigenvalue weighted by Gasteiger charge is -2.23. The van der Waals surface area contributed by atoms with Crippen LogP contribution in [0.1, 0.15) is 50.7 Å². The van der Waals surface area contributed by atoms with Crippen molar-refractivity contribution in [3.8, 4) is 11.1 Å². The zero-order chi connectivity index (χ0) is 27.7. The molecule has 0 saturated carbocycles. The quantitative estimate of drug-likeness (QED) is 0.176. The second-order valence-corrected chi connectivity index (χ2v) is 9.96. The van der Waals surface area contributed by atoms with Gasteiger partial charge in [-0.3, -0.25) is 9.59 Å². The fourth-order valence-corrected chi connectivity index (χ4v) is 4.32. The van der Waals surface area contributed by atoms with Gasteiger partial charge in [0.05, 0.1) is 6.10 Å². The Balaban J connectivity index is 1.64. The van der Waals surface area contributed by atoms with E-state index < -0.39 is 42.3 Å². The number of hydrogen-bond acceptors (Lipinski definition) is 7. The molecule has 0 aromatic heterocycles. The van der Waals surface area contributed by atoms with Crippen LogP contribution in [-0.4, -0.2) is 60.5 Å². The van der Waals surface area contributed by atoms with Gasteiger partial charge in [-0.15, -0.1) is 0 Å². The molecule has 3 N–H and O–H groups in total. The summed E-state index contributed by atoms with van der Waals surface area (Å²) < 4.78 is 10.7. The second-order valence-electron chi connectivity index (χ2n) is 9.96. The third-order valence-electron chi connectivity index (χ3n) is 5.91. The summed E-state index contributed by atoms with van der Waals surface area (Å²) in [5.41, 5.74) is 12.0. The van der Waals surface area contributed by atoms with Crippen LogP contribution in [0.15, 0.2) is 53.6 Å². The molecule has 0 aliphatic heterocycles. The van der Waals surface area contributed by atoms with Crippen molar-refractivity contribution in [1.82, 2.24) is 10.6 Å². The van der Waals surface area contributed by atoms with Gasteiger partial charge < -0.3 is 25.2 Å². The first-order valence-electron chi connectivity index (χ1n) is 12.4. The second kappa shape index (κ2) is 12.9. The number of fused-ring (bicyclic) bond motifs is 3. The van der Waals surface area contributed by atoms with E-state index in [9.17, 15) is 19.5 Å². The minimum absolute atomic E-state index is 0.0227. The summed E-state index contributed by atoms with van der Waals surface area (Å²) in [4.78, 5) is 40.2. The molecule has 38 heavy (non-hydrogen) atoms. The zero-order valence-corrected chi connectivity index (χ0v) is 21.7. The summed E-state index contributed by atoms with van der Waals surface area (Å²) in [5.74, 6) is -1.50. The number of carbonyl (C=O) groups excluding carboxylic acids is 3. The van der Waals surface area contributed by atoms with Gasteiger partial charge in [0.15, 0.2) is 0 Å². The van der Waals surface area contributed by atoms with E-state index in [2.05, 4.69) is 20.7 Å². The van der Waals surface area contributed by atoms with Crippen molar-refractivity contribution in [1.29, 1.82) is 0 Å². The van der Waals surface area contributed by atoms with Gasteiger partial charge in [-0.2, -0.15) is 0 Å². The zero-order valence-electron chi connectivity index (χ0n) is 21.7. The van der Waals surface area contributed by atoms with Crippen molar-refractivity contribution in [2.45, 2.75) is 57.3 Å². The molecule has 2 atom stereocenters. The number of nitrogens with one attached hydrogen (secondary N) is 2. The lowest BCUT2D eigenvalue weighted by molar-refractivity contribution is -0.154. The molecule has 0 unspecified atom stereocenters. The van der Waals surface area contributed by atoms with Crippen LogP contribution in [0.2, 0.25) is 0 Å². The van der Waals surface area contributed by atoms with E-state index in [-0.39, 0.29) is 31.9 Å². The van der Waals surface area contributed by atoms with E-state index in [4.69, 9.17) is 15.0 Å².